The van der Waals surface area contributed by atoms with E-state index in [0.717, 1.165) is 44.9 Å². The second kappa shape index (κ2) is 9.05. The fraction of sp³-hybridized carbons (Fsp3) is 0.846. The summed E-state index contributed by atoms with van der Waals surface area (Å²) in [6, 6.07) is 0. The van der Waals surface area contributed by atoms with Crippen molar-refractivity contribution in [3.63, 3.8) is 0 Å². The van der Waals surface area contributed by atoms with Crippen LogP contribution >= 0.6 is 0 Å². The van der Waals surface area contributed by atoms with Crippen LogP contribution in [-0.4, -0.2) is 34.5 Å². The lowest BCUT2D eigenvalue weighted by Crippen LogP contribution is -2.19. The second-order valence-electron chi connectivity index (χ2n) is 4.87. The summed E-state index contributed by atoms with van der Waals surface area (Å²) in [5, 5.41) is 7.54. The van der Waals surface area contributed by atoms with Gasteiger partial charge in [0.15, 0.2) is 0 Å². The number of ether oxygens (including phenoxy) is 1. The Morgan fingerprint density at radius 3 is 2.94 bits per heavy atom. The Kier molecular flexibility index (Phi) is 7.60. The molecule has 18 heavy (non-hydrogen) atoms. The Labute approximate surface area is 110 Å². The zero-order chi connectivity index (χ0) is 13.2. The number of hydrogen-bond acceptors (Lipinski definition) is 4. The average molecular weight is 254 g/mol. The fourth-order valence-corrected chi connectivity index (χ4v) is 1.56. The number of hydrogen-bond donors (Lipinski definition) is 1. The topological polar surface area (TPSA) is 52.0 Å². The van der Waals surface area contributed by atoms with Crippen LogP contribution in [0.4, 0.5) is 0 Å². The Morgan fingerprint density at radius 1 is 1.39 bits per heavy atom. The highest BCUT2D eigenvalue weighted by Gasteiger charge is 2.03. The van der Waals surface area contributed by atoms with Crippen molar-refractivity contribution in [3.05, 3.63) is 12.2 Å². The lowest BCUT2D eigenvalue weighted by molar-refractivity contribution is 0.113. The van der Waals surface area contributed by atoms with Gasteiger partial charge in [-0.2, -0.15) is 5.10 Å². The summed E-state index contributed by atoms with van der Waals surface area (Å²) in [7, 11) is 0. The largest absolute Gasteiger partial charge is 0.380 e. The molecule has 0 fully saturated rings. The number of nitrogens with zero attached hydrogens (tertiary/aromatic N) is 3. The molecule has 0 unspecified atom stereocenters. The summed E-state index contributed by atoms with van der Waals surface area (Å²) in [5.74, 6) is 1.68. The first-order chi connectivity index (χ1) is 8.74. The van der Waals surface area contributed by atoms with Crippen LogP contribution in [0, 0.1) is 5.92 Å². The lowest BCUT2D eigenvalue weighted by atomic mass is 10.1. The van der Waals surface area contributed by atoms with E-state index in [9.17, 15) is 0 Å². The second-order valence-corrected chi connectivity index (χ2v) is 4.87. The summed E-state index contributed by atoms with van der Waals surface area (Å²) < 4.78 is 7.50. The van der Waals surface area contributed by atoms with Gasteiger partial charge in [-0.25, -0.2) is 9.67 Å². The Morgan fingerprint density at radius 2 is 2.22 bits per heavy atom. The van der Waals surface area contributed by atoms with Gasteiger partial charge in [-0.15, -0.1) is 0 Å². The van der Waals surface area contributed by atoms with Gasteiger partial charge in [0.2, 0.25) is 0 Å². The summed E-state index contributed by atoms with van der Waals surface area (Å²) in [6.45, 7) is 10.7. The molecule has 0 aliphatic carbocycles. The van der Waals surface area contributed by atoms with Gasteiger partial charge in [-0.1, -0.05) is 20.8 Å². The molecule has 0 aliphatic heterocycles. The number of rotatable bonds is 10. The lowest BCUT2D eigenvalue weighted by Gasteiger charge is -2.08. The van der Waals surface area contributed by atoms with E-state index in [2.05, 4.69) is 36.2 Å². The van der Waals surface area contributed by atoms with Crippen molar-refractivity contribution in [1.29, 1.82) is 0 Å². The molecule has 5 nitrogen and oxygen atoms in total. The SMILES string of the molecule is CCCNCc1ncnn1CCOCCC(C)C. The molecule has 0 aliphatic rings. The first-order valence-corrected chi connectivity index (χ1v) is 6.89. The number of nitrogens with one attached hydrogen (secondary N) is 1. The van der Waals surface area contributed by atoms with Crippen LogP contribution in [0.3, 0.4) is 0 Å². The average Bonchev–Trinajstić information content (AvgIpc) is 2.76. The summed E-state index contributed by atoms with van der Waals surface area (Å²) >= 11 is 0. The molecule has 0 saturated heterocycles. The predicted octanol–water partition coefficient (Wildman–Crippen LogP) is 1.84. The van der Waals surface area contributed by atoms with Gasteiger partial charge in [0.05, 0.1) is 19.7 Å². The first kappa shape index (κ1) is 15.1. The molecule has 104 valence electrons. The van der Waals surface area contributed by atoms with Crippen molar-refractivity contribution in [1.82, 2.24) is 20.1 Å². The highest BCUT2D eigenvalue weighted by Crippen LogP contribution is 1.99. The van der Waals surface area contributed by atoms with Gasteiger partial charge in [-0.3, -0.25) is 0 Å². The number of aromatic nitrogens is 3. The van der Waals surface area contributed by atoms with E-state index in [1.165, 1.54) is 0 Å². The summed E-state index contributed by atoms with van der Waals surface area (Å²) in [6.07, 6.45) is 3.85. The highest BCUT2D eigenvalue weighted by atomic mass is 16.5. The maximum Gasteiger partial charge on any atom is 0.140 e. The van der Waals surface area contributed by atoms with Crippen molar-refractivity contribution in [2.24, 2.45) is 5.92 Å². The zero-order valence-electron chi connectivity index (χ0n) is 11.9. The van der Waals surface area contributed by atoms with Gasteiger partial charge >= 0.3 is 0 Å². The standard InChI is InChI=1S/C13H26N4O/c1-4-6-14-10-13-15-11-16-17(13)7-9-18-8-5-12(2)3/h11-12,14H,4-10H2,1-3H3. The maximum atomic E-state index is 5.59. The minimum atomic E-state index is 0.699. The van der Waals surface area contributed by atoms with Gasteiger partial charge in [0, 0.05) is 6.61 Å². The molecule has 5 heteroatoms. The smallest absolute Gasteiger partial charge is 0.140 e. The maximum absolute atomic E-state index is 5.59. The Balaban J connectivity index is 2.19. The van der Waals surface area contributed by atoms with E-state index in [4.69, 9.17) is 4.74 Å². The van der Waals surface area contributed by atoms with Crippen molar-refractivity contribution in [2.45, 2.75) is 46.7 Å². The third-order valence-electron chi connectivity index (χ3n) is 2.69. The Hall–Kier alpha value is -0.940. The fourth-order valence-electron chi connectivity index (χ4n) is 1.56. The van der Waals surface area contributed by atoms with Gasteiger partial charge < -0.3 is 10.1 Å². The van der Waals surface area contributed by atoms with E-state index in [0.29, 0.717) is 12.5 Å². The zero-order valence-corrected chi connectivity index (χ0v) is 11.9. The Bertz CT molecular complexity index is 312. The van der Waals surface area contributed by atoms with E-state index in [1.54, 1.807) is 6.33 Å². The molecule has 0 radical (unpaired) electrons. The minimum absolute atomic E-state index is 0.699. The molecule has 0 spiro atoms. The monoisotopic (exact) mass is 254 g/mol. The highest BCUT2D eigenvalue weighted by molar-refractivity contribution is 4.83. The van der Waals surface area contributed by atoms with Crippen molar-refractivity contribution >= 4 is 0 Å². The molecule has 1 aromatic rings. The molecule has 1 aromatic heterocycles. The molecule has 0 atom stereocenters. The molecule has 1 rings (SSSR count). The first-order valence-electron chi connectivity index (χ1n) is 6.89. The summed E-state index contributed by atoms with van der Waals surface area (Å²) in [4.78, 5) is 4.25. The predicted molar refractivity (Wildman–Crippen MR) is 72.3 cm³/mol. The molecule has 0 aromatic carbocycles. The molecule has 0 saturated carbocycles. The van der Waals surface area contributed by atoms with Crippen LogP contribution in [0.1, 0.15) is 39.4 Å². The van der Waals surface area contributed by atoms with Crippen LogP contribution in [0.15, 0.2) is 6.33 Å². The molecular weight excluding hydrogens is 228 g/mol. The van der Waals surface area contributed by atoms with Crippen molar-refractivity contribution in [3.8, 4) is 0 Å². The van der Waals surface area contributed by atoms with Gasteiger partial charge in [-0.05, 0) is 25.3 Å². The van der Waals surface area contributed by atoms with E-state index < -0.39 is 0 Å². The molecule has 0 bridgehead atoms. The quantitative estimate of drug-likeness (QED) is 0.647. The van der Waals surface area contributed by atoms with E-state index >= 15 is 0 Å². The van der Waals surface area contributed by atoms with Gasteiger partial charge in [0.1, 0.15) is 12.2 Å². The minimum Gasteiger partial charge on any atom is -0.380 e. The van der Waals surface area contributed by atoms with Gasteiger partial charge in [0.25, 0.3) is 0 Å². The summed E-state index contributed by atoms with van der Waals surface area (Å²) in [5.41, 5.74) is 0. The molecular formula is C13H26N4O. The third kappa shape index (κ3) is 6.12. The van der Waals surface area contributed by atoms with Crippen LogP contribution < -0.4 is 5.32 Å². The van der Waals surface area contributed by atoms with E-state index in [1.807, 2.05) is 4.68 Å². The van der Waals surface area contributed by atoms with Crippen LogP contribution in [0.25, 0.3) is 0 Å². The van der Waals surface area contributed by atoms with Crippen molar-refractivity contribution < 1.29 is 4.74 Å². The normalized spacial score (nSPS) is 11.3. The van der Waals surface area contributed by atoms with Crippen LogP contribution in [-0.2, 0) is 17.8 Å². The molecule has 0 amide bonds. The molecule has 1 heterocycles. The van der Waals surface area contributed by atoms with Crippen molar-refractivity contribution in [2.75, 3.05) is 19.8 Å². The molecule has 1 N–H and O–H groups in total. The third-order valence-corrected chi connectivity index (χ3v) is 2.69. The van der Waals surface area contributed by atoms with E-state index in [-0.39, 0.29) is 0 Å². The van der Waals surface area contributed by atoms with Crippen LogP contribution in [0.2, 0.25) is 0 Å². The van der Waals surface area contributed by atoms with Crippen LogP contribution in [0.5, 0.6) is 0 Å².